The van der Waals surface area contributed by atoms with Crippen molar-refractivity contribution in [3.05, 3.63) is 29.6 Å². The summed E-state index contributed by atoms with van der Waals surface area (Å²) in [5, 5.41) is 0.702. The number of hydrogen-bond acceptors (Lipinski definition) is 1. The van der Waals surface area contributed by atoms with Crippen LogP contribution in [0.3, 0.4) is 0 Å². The molecule has 0 aliphatic heterocycles. The van der Waals surface area contributed by atoms with Gasteiger partial charge in [-0.1, -0.05) is 41.8 Å². The number of benzene rings is 1. The van der Waals surface area contributed by atoms with E-state index < -0.39 is 0 Å². The summed E-state index contributed by atoms with van der Waals surface area (Å²) in [5.41, 5.74) is 1.72. The van der Waals surface area contributed by atoms with E-state index in [2.05, 4.69) is 27.8 Å². The lowest BCUT2D eigenvalue weighted by atomic mass is 9.85. The summed E-state index contributed by atoms with van der Waals surface area (Å²) in [7, 11) is 2.03. The largest absolute Gasteiger partial charge is 0.369 e. The summed E-state index contributed by atoms with van der Waals surface area (Å²) in [6.45, 7) is 2.28. The molecule has 1 nitrogen and oxygen atoms in total. The highest BCUT2D eigenvalue weighted by molar-refractivity contribution is 9.08. The predicted molar refractivity (Wildman–Crippen MR) is 78.9 cm³/mol. The minimum absolute atomic E-state index is 0.104. The van der Waals surface area contributed by atoms with E-state index in [9.17, 15) is 4.39 Å². The standard InChI is InChI=1S/C15H21BrFN/c1-11-5-3-4-6-14(11)18(2)15-8-7-12(10-16)9-13(15)17/h7-9,11,14H,3-6,10H2,1-2H3. The van der Waals surface area contributed by atoms with Crippen molar-refractivity contribution in [2.45, 2.75) is 44.0 Å². The van der Waals surface area contributed by atoms with E-state index in [0.717, 1.165) is 11.3 Å². The molecular formula is C15H21BrFN. The van der Waals surface area contributed by atoms with E-state index in [1.165, 1.54) is 25.7 Å². The first-order chi connectivity index (χ1) is 8.63. The Morgan fingerprint density at radius 3 is 2.67 bits per heavy atom. The third-order valence-electron chi connectivity index (χ3n) is 4.11. The van der Waals surface area contributed by atoms with Crippen molar-refractivity contribution in [3.63, 3.8) is 0 Å². The molecule has 1 aliphatic carbocycles. The second-order valence-electron chi connectivity index (χ2n) is 5.36. The molecule has 0 amide bonds. The van der Waals surface area contributed by atoms with Crippen LogP contribution in [-0.4, -0.2) is 13.1 Å². The smallest absolute Gasteiger partial charge is 0.146 e. The molecule has 0 spiro atoms. The van der Waals surface area contributed by atoms with Crippen molar-refractivity contribution >= 4 is 21.6 Å². The first kappa shape index (κ1) is 13.9. The second kappa shape index (κ2) is 6.05. The molecule has 1 fully saturated rings. The average molecular weight is 314 g/mol. The van der Waals surface area contributed by atoms with E-state index in [1.807, 2.05) is 19.2 Å². The van der Waals surface area contributed by atoms with Gasteiger partial charge < -0.3 is 4.90 Å². The molecule has 0 radical (unpaired) electrons. The molecule has 0 aromatic heterocycles. The van der Waals surface area contributed by atoms with Crippen molar-refractivity contribution in [2.75, 3.05) is 11.9 Å². The van der Waals surface area contributed by atoms with Crippen LogP contribution < -0.4 is 4.90 Å². The number of nitrogens with zero attached hydrogens (tertiary/aromatic N) is 1. The van der Waals surface area contributed by atoms with E-state index in [-0.39, 0.29) is 5.82 Å². The van der Waals surface area contributed by atoms with Crippen LogP contribution in [-0.2, 0) is 5.33 Å². The van der Waals surface area contributed by atoms with E-state index in [4.69, 9.17) is 0 Å². The Morgan fingerprint density at radius 2 is 2.06 bits per heavy atom. The van der Waals surface area contributed by atoms with Gasteiger partial charge in [0.25, 0.3) is 0 Å². The van der Waals surface area contributed by atoms with Gasteiger partial charge in [0.2, 0.25) is 0 Å². The third kappa shape index (κ3) is 2.87. The van der Waals surface area contributed by atoms with Crippen LogP contribution in [0.4, 0.5) is 10.1 Å². The Balaban J connectivity index is 2.19. The Morgan fingerprint density at radius 1 is 1.33 bits per heavy atom. The highest BCUT2D eigenvalue weighted by Crippen LogP contribution is 2.32. The fourth-order valence-electron chi connectivity index (χ4n) is 2.97. The zero-order chi connectivity index (χ0) is 13.1. The van der Waals surface area contributed by atoms with E-state index >= 15 is 0 Å². The first-order valence-corrected chi connectivity index (χ1v) is 7.83. The number of rotatable bonds is 3. The number of hydrogen-bond donors (Lipinski definition) is 0. The number of anilines is 1. The predicted octanol–water partition coefficient (Wildman–Crippen LogP) is 4.74. The molecule has 0 bridgehead atoms. The molecule has 0 N–H and O–H groups in total. The van der Waals surface area contributed by atoms with E-state index in [0.29, 0.717) is 17.3 Å². The quantitative estimate of drug-likeness (QED) is 0.729. The lowest BCUT2D eigenvalue weighted by molar-refractivity contribution is 0.320. The molecule has 100 valence electrons. The Hall–Kier alpha value is -0.570. The summed E-state index contributed by atoms with van der Waals surface area (Å²) >= 11 is 3.36. The van der Waals surface area contributed by atoms with Crippen molar-refractivity contribution in [1.29, 1.82) is 0 Å². The van der Waals surface area contributed by atoms with Gasteiger partial charge in [-0.15, -0.1) is 0 Å². The Kier molecular flexibility index (Phi) is 4.66. The molecule has 3 heteroatoms. The van der Waals surface area contributed by atoms with Gasteiger partial charge in [-0.05, 0) is 36.5 Å². The van der Waals surface area contributed by atoms with Crippen LogP contribution in [0.2, 0.25) is 0 Å². The highest BCUT2D eigenvalue weighted by Gasteiger charge is 2.26. The molecule has 1 aromatic rings. The molecule has 1 saturated carbocycles. The zero-order valence-electron chi connectivity index (χ0n) is 11.1. The summed E-state index contributed by atoms with van der Waals surface area (Å²) in [6, 6.07) is 6.02. The third-order valence-corrected chi connectivity index (χ3v) is 4.76. The van der Waals surface area contributed by atoms with Gasteiger partial charge in [-0.2, -0.15) is 0 Å². The van der Waals surface area contributed by atoms with Crippen LogP contribution in [0.1, 0.15) is 38.2 Å². The Labute approximate surface area is 118 Å². The van der Waals surface area contributed by atoms with Crippen LogP contribution in [0.25, 0.3) is 0 Å². The molecule has 18 heavy (non-hydrogen) atoms. The minimum Gasteiger partial charge on any atom is -0.369 e. The second-order valence-corrected chi connectivity index (χ2v) is 5.92. The lowest BCUT2D eigenvalue weighted by Gasteiger charge is -2.37. The summed E-state index contributed by atoms with van der Waals surface area (Å²) in [4.78, 5) is 2.14. The summed E-state index contributed by atoms with van der Waals surface area (Å²) < 4.78 is 14.1. The fourth-order valence-corrected chi connectivity index (χ4v) is 3.32. The van der Waals surface area contributed by atoms with E-state index in [1.54, 1.807) is 6.07 Å². The van der Waals surface area contributed by atoms with Gasteiger partial charge >= 0.3 is 0 Å². The van der Waals surface area contributed by atoms with Gasteiger partial charge in [0.15, 0.2) is 0 Å². The SMILES string of the molecule is CC1CCCCC1N(C)c1ccc(CBr)cc1F. The average Bonchev–Trinajstić information content (AvgIpc) is 2.38. The summed E-state index contributed by atoms with van der Waals surface area (Å²) in [5.74, 6) is 0.547. The number of halogens is 2. The summed E-state index contributed by atoms with van der Waals surface area (Å²) in [6.07, 6.45) is 5.02. The van der Waals surface area contributed by atoms with Crippen LogP contribution in [0.15, 0.2) is 18.2 Å². The van der Waals surface area contributed by atoms with Crippen molar-refractivity contribution in [3.8, 4) is 0 Å². The zero-order valence-corrected chi connectivity index (χ0v) is 12.7. The molecule has 2 rings (SSSR count). The van der Waals surface area contributed by atoms with Crippen molar-refractivity contribution in [2.24, 2.45) is 5.92 Å². The molecule has 1 aromatic carbocycles. The lowest BCUT2D eigenvalue weighted by Crippen LogP contribution is -2.39. The normalized spacial score (nSPS) is 24.0. The topological polar surface area (TPSA) is 3.24 Å². The maximum Gasteiger partial charge on any atom is 0.146 e. The first-order valence-electron chi connectivity index (χ1n) is 6.70. The molecule has 1 aliphatic rings. The maximum absolute atomic E-state index is 14.1. The molecule has 0 heterocycles. The van der Waals surface area contributed by atoms with Crippen molar-refractivity contribution < 1.29 is 4.39 Å². The van der Waals surface area contributed by atoms with Gasteiger partial charge in [0, 0.05) is 18.4 Å². The van der Waals surface area contributed by atoms with Crippen LogP contribution in [0.5, 0.6) is 0 Å². The van der Waals surface area contributed by atoms with Gasteiger partial charge in [-0.25, -0.2) is 4.39 Å². The molecule has 2 atom stereocenters. The van der Waals surface area contributed by atoms with Crippen LogP contribution >= 0.6 is 15.9 Å². The van der Waals surface area contributed by atoms with Gasteiger partial charge in [0.1, 0.15) is 5.82 Å². The fraction of sp³-hybridized carbons (Fsp3) is 0.600. The minimum atomic E-state index is -0.104. The van der Waals surface area contributed by atoms with Crippen molar-refractivity contribution in [1.82, 2.24) is 0 Å². The van der Waals surface area contributed by atoms with Crippen LogP contribution in [0, 0.1) is 11.7 Å². The molecule has 0 saturated heterocycles. The maximum atomic E-state index is 14.1. The Bertz CT molecular complexity index is 407. The van der Waals surface area contributed by atoms with Gasteiger partial charge in [-0.3, -0.25) is 0 Å². The molecular weight excluding hydrogens is 293 g/mol. The monoisotopic (exact) mass is 313 g/mol. The number of alkyl halides is 1. The highest BCUT2D eigenvalue weighted by atomic mass is 79.9. The molecule has 2 unspecified atom stereocenters. The van der Waals surface area contributed by atoms with Gasteiger partial charge in [0.05, 0.1) is 5.69 Å².